The fraction of sp³-hybridized carbons (Fsp3) is 0.444. The van der Waals surface area contributed by atoms with Crippen molar-refractivity contribution < 1.29 is 4.79 Å². The van der Waals surface area contributed by atoms with Crippen LogP contribution in [0.1, 0.15) is 17.3 Å². The summed E-state index contributed by atoms with van der Waals surface area (Å²) in [5, 5.41) is 1.81. The van der Waals surface area contributed by atoms with Gasteiger partial charge in [0.25, 0.3) is 5.91 Å². The number of hydrogen-bond donors (Lipinski definition) is 0. The van der Waals surface area contributed by atoms with E-state index < -0.39 is 0 Å². The molecule has 0 fully saturated rings. The first-order valence-electron chi connectivity index (χ1n) is 4.14. The Morgan fingerprint density at radius 3 is 2.86 bits per heavy atom. The smallest absolute Gasteiger partial charge is 0.254 e. The van der Waals surface area contributed by atoms with Crippen LogP contribution in [0.5, 0.6) is 0 Å². The summed E-state index contributed by atoms with van der Waals surface area (Å²) in [4.78, 5) is 13.4. The number of carbonyl (C=O) groups is 1. The number of hydrogen-bond acceptors (Lipinski definition) is 2. The third-order valence-corrected chi connectivity index (χ3v) is 3.33. The second-order valence-corrected chi connectivity index (χ2v) is 6.14. The van der Waals surface area contributed by atoms with Gasteiger partial charge < -0.3 is 4.90 Å². The fourth-order valence-corrected chi connectivity index (χ4v) is 2.44. The van der Waals surface area contributed by atoms with Gasteiger partial charge in [0, 0.05) is 24.3 Å². The Bertz CT molecular complexity index is 326. The van der Waals surface area contributed by atoms with Gasteiger partial charge in [0.05, 0.1) is 9.35 Å². The first-order valence-corrected chi connectivity index (χ1v) is 6.25. The van der Waals surface area contributed by atoms with E-state index in [2.05, 4.69) is 15.9 Å². The van der Waals surface area contributed by atoms with E-state index in [1.54, 1.807) is 11.9 Å². The summed E-state index contributed by atoms with van der Waals surface area (Å²) in [6, 6.07) is 1.82. The van der Waals surface area contributed by atoms with Gasteiger partial charge in [-0.2, -0.15) is 0 Å². The Labute approximate surface area is 101 Å². The van der Waals surface area contributed by atoms with Gasteiger partial charge in [0.2, 0.25) is 0 Å². The van der Waals surface area contributed by atoms with Gasteiger partial charge in [0.15, 0.2) is 0 Å². The van der Waals surface area contributed by atoms with Crippen molar-refractivity contribution in [3.05, 3.63) is 20.8 Å². The van der Waals surface area contributed by atoms with E-state index in [1.165, 1.54) is 11.3 Å². The second-order valence-electron chi connectivity index (χ2n) is 3.11. The molecule has 1 aromatic rings. The van der Waals surface area contributed by atoms with Crippen LogP contribution in [0, 0.1) is 0 Å². The molecule has 0 aliphatic carbocycles. The normalized spacial score (nSPS) is 12.6. The monoisotopic (exact) mass is 295 g/mol. The molecule has 78 valence electrons. The van der Waals surface area contributed by atoms with Crippen LogP contribution in [0.3, 0.4) is 0 Å². The minimum atomic E-state index is -0.0222. The van der Waals surface area contributed by atoms with Crippen molar-refractivity contribution in [2.24, 2.45) is 0 Å². The molecule has 0 saturated heterocycles. The Kier molecular flexibility index (Phi) is 4.41. The van der Waals surface area contributed by atoms with Crippen LogP contribution in [0.15, 0.2) is 15.2 Å². The lowest BCUT2D eigenvalue weighted by Gasteiger charge is -2.17. The molecular weight excluding hydrogens is 286 g/mol. The molecule has 0 saturated carbocycles. The zero-order valence-corrected chi connectivity index (χ0v) is 11.1. The summed E-state index contributed by atoms with van der Waals surface area (Å²) in [5.41, 5.74) is 0.710. The van der Waals surface area contributed by atoms with Crippen LogP contribution < -0.4 is 0 Å². The molecule has 1 atom stereocenters. The predicted molar refractivity (Wildman–Crippen MR) is 64.3 cm³/mol. The molecule has 1 aromatic heterocycles. The summed E-state index contributed by atoms with van der Waals surface area (Å²) in [7, 11) is 1.76. The summed E-state index contributed by atoms with van der Waals surface area (Å²) < 4.78 is 0.966. The topological polar surface area (TPSA) is 20.3 Å². The van der Waals surface area contributed by atoms with Crippen molar-refractivity contribution in [3.8, 4) is 0 Å². The minimum absolute atomic E-state index is 0.0134. The third-order valence-electron chi connectivity index (χ3n) is 1.69. The number of halogens is 2. The molecule has 0 aliphatic rings. The summed E-state index contributed by atoms with van der Waals surface area (Å²) >= 11 is 10.6. The van der Waals surface area contributed by atoms with Crippen molar-refractivity contribution in [2.45, 2.75) is 12.3 Å². The molecule has 0 aromatic carbocycles. The van der Waals surface area contributed by atoms with Gasteiger partial charge in [-0.1, -0.05) is 0 Å². The highest BCUT2D eigenvalue weighted by Gasteiger charge is 2.14. The van der Waals surface area contributed by atoms with Crippen molar-refractivity contribution in [1.82, 2.24) is 4.90 Å². The third kappa shape index (κ3) is 3.26. The van der Waals surface area contributed by atoms with Crippen molar-refractivity contribution >= 4 is 44.8 Å². The van der Waals surface area contributed by atoms with Crippen LogP contribution in [0.4, 0.5) is 0 Å². The number of carbonyl (C=O) groups excluding carboxylic acids is 1. The molecule has 1 heterocycles. The minimum Gasteiger partial charge on any atom is -0.340 e. The van der Waals surface area contributed by atoms with Gasteiger partial charge in [0.1, 0.15) is 0 Å². The van der Waals surface area contributed by atoms with Crippen LogP contribution in [0.2, 0.25) is 0 Å². The number of alkyl halides is 1. The average molecular weight is 297 g/mol. The molecule has 0 radical (unpaired) electrons. The van der Waals surface area contributed by atoms with Crippen molar-refractivity contribution in [1.29, 1.82) is 0 Å². The lowest BCUT2D eigenvalue weighted by atomic mass is 10.3. The van der Waals surface area contributed by atoms with E-state index in [0.29, 0.717) is 12.1 Å². The molecular formula is C9H11BrClNOS. The van der Waals surface area contributed by atoms with Gasteiger partial charge in [-0.15, -0.1) is 22.9 Å². The van der Waals surface area contributed by atoms with E-state index in [1.807, 2.05) is 18.4 Å². The largest absolute Gasteiger partial charge is 0.340 e. The number of thiophene rings is 1. The Balaban J connectivity index is 2.65. The maximum Gasteiger partial charge on any atom is 0.254 e. The summed E-state index contributed by atoms with van der Waals surface area (Å²) in [5.74, 6) is 0.0134. The highest BCUT2D eigenvalue weighted by Crippen LogP contribution is 2.21. The number of amides is 1. The molecule has 1 unspecified atom stereocenters. The molecule has 14 heavy (non-hydrogen) atoms. The van der Waals surface area contributed by atoms with E-state index in [4.69, 9.17) is 11.6 Å². The molecule has 0 N–H and O–H groups in total. The Hall–Kier alpha value is -0.0600. The highest BCUT2D eigenvalue weighted by atomic mass is 79.9. The van der Waals surface area contributed by atoms with Gasteiger partial charge in [-0.3, -0.25) is 4.79 Å². The number of nitrogens with zero attached hydrogens (tertiary/aromatic N) is 1. The maximum absolute atomic E-state index is 11.7. The van der Waals surface area contributed by atoms with Gasteiger partial charge in [-0.05, 0) is 28.9 Å². The van der Waals surface area contributed by atoms with E-state index >= 15 is 0 Å². The van der Waals surface area contributed by atoms with Crippen molar-refractivity contribution in [2.75, 3.05) is 13.6 Å². The van der Waals surface area contributed by atoms with Crippen LogP contribution in [0.25, 0.3) is 0 Å². The first-order chi connectivity index (χ1) is 6.50. The van der Waals surface area contributed by atoms with Gasteiger partial charge >= 0.3 is 0 Å². The van der Waals surface area contributed by atoms with Crippen LogP contribution in [-0.2, 0) is 0 Å². The predicted octanol–water partition coefficient (Wildman–Crippen LogP) is 3.21. The lowest BCUT2D eigenvalue weighted by Crippen LogP contribution is -2.30. The molecule has 0 spiro atoms. The molecule has 1 amide bonds. The Morgan fingerprint density at radius 2 is 2.43 bits per heavy atom. The van der Waals surface area contributed by atoms with Crippen molar-refractivity contribution in [3.63, 3.8) is 0 Å². The standard InChI is InChI=1S/C9H11BrClNOS/c1-6(11)4-12(2)9(13)7-3-8(10)14-5-7/h3,5-6H,4H2,1-2H3. The number of rotatable bonds is 3. The maximum atomic E-state index is 11.7. The van der Waals surface area contributed by atoms with Crippen LogP contribution in [-0.4, -0.2) is 29.8 Å². The van der Waals surface area contributed by atoms with E-state index in [9.17, 15) is 4.79 Å². The SMILES string of the molecule is CC(Cl)CN(C)C(=O)c1csc(Br)c1. The second kappa shape index (κ2) is 5.14. The molecule has 0 aliphatic heterocycles. The molecule has 5 heteroatoms. The Morgan fingerprint density at radius 1 is 1.79 bits per heavy atom. The van der Waals surface area contributed by atoms with E-state index in [-0.39, 0.29) is 11.3 Å². The highest BCUT2D eigenvalue weighted by molar-refractivity contribution is 9.11. The molecule has 1 rings (SSSR count). The van der Waals surface area contributed by atoms with Gasteiger partial charge in [-0.25, -0.2) is 0 Å². The average Bonchev–Trinajstić information content (AvgIpc) is 2.49. The zero-order valence-electron chi connectivity index (χ0n) is 7.96. The molecule has 2 nitrogen and oxygen atoms in total. The van der Waals surface area contributed by atoms with Crippen LogP contribution >= 0.6 is 38.9 Å². The lowest BCUT2D eigenvalue weighted by molar-refractivity contribution is 0.0796. The van der Waals surface area contributed by atoms with E-state index in [0.717, 1.165) is 3.79 Å². The molecule has 0 bridgehead atoms. The summed E-state index contributed by atoms with van der Waals surface area (Å²) in [6.07, 6.45) is 0. The quantitative estimate of drug-likeness (QED) is 0.784. The zero-order chi connectivity index (χ0) is 10.7. The first kappa shape index (κ1) is 12.0. The fourth-order valence-electron chi connectivity index (χ4n) is 1.10. The summed E-state index contributed by atoms with van der Waals surface area (Å²) in [6.45, 7) is 2.43.